The zero-order valence-corrected chi connectivity index (χ0v) is 17.2. The molecule has 0 bridgehead atoms. The maximum atomic E-state index is 13.1. The highest BCUT2D eigenvalue weighted by Crippen LogP contribution is 2.47. The predicted molar refractivity (Wildman–Crippen MR) is 106 cm³/mol. The van der Waals surface area contributed by atoms with E-state index in [1.807, 2.05) is 19.1 Å². The van der Waals surface area contributed by atoms with Gasteiger partial charge in [-0.1, -0.05) is 12.1 Å². The Hall–Kier alpha value is -2.22. The van der Waals surface area contributed by atoms with Crippen molar-refractivity contribution in [3.63, 3.8) is 0 Å². The lowest BCUT2D eigenvalue weighted by molar-refractivity contribution is -0.144. The first-order valence-corrected chi connectivity index (χ1v) is 10.4. The van der Waals surface area contributed by atoms with Crippen molar-refractivity contribution < 1.29 is 23.9 Å². The van der Waals surface area contributed by atoms with Gasteiger partial charge in [0.15, 0.2) is 0 Å². The van der Waals surface area contributed by atoms with E-state index in [-0.39, 0.29) is 29.7 Å². The van der Waals surface area contributed by atoms with Crippen LogP contribution in [0.15, 0.2) is 24.3 Å². The molecule has 0 spiro atoms. The quantitative estimate of drug-likeness (QED) is 0.699. The topological polar surface area (TPSA) is 84.9 Å². The van der Waals surface area contributed by atoms with Gasteiger partial charge in [-0.05, 0) is 38.0 Å². The molecule has 152 valence electrons. The number of carbonyl (C=O) groups is 3. The molecule has 2 fully saturated rings. The third-order valence-electron chi connectivity index (χ3n) is 5.24. The molecule has 2 amide bonds. The summed E-state index contributed by atoms with van der Waals surface area (Å²) in [7, 11) is 1.56. The molecule has 1 N–H and O–H groups in total. The van der Waals surface area contributed by atoms with E-state index >= 15 is 0 Å². The molecule has 2 aliphatic heterocycles. The molecule has 8 heteroatoms. The number of esters is 1. The van der Waals surface area contributed by atoms with Crippen molar-refractivity contribution in [3.05, 3.63) is 29.8 Å². The summed E-state index contributed by atoms with van der Waals surface area (Å²) in [6, 6.07) is 6.15. The van der Waals surface area contributed by atoms with Crippen LogP contribution >= 0.6 is 11.8 Å². The minimum Gasteiger partial charge on any atom is -0.497 e. The Morgan fingerprint density at radius 3 is 2.93 bits per heavy atom. The molecule has 2 aliphatic rings. The van der Waals surface area contributed by atoms with Crippen LogP contribution in [0, 0.1) is 0 Å². The lowest BCUT2D eigenvalue weighted by atomic mass is 10.0. The number of amides is 2. The Bertz CT molecular complexity index is 771. The van der Waals surface area contributed by atoms with Gasteiger partial charge in [-0.25, -0.2) is 0 Å². The molecule has 2 saturated heterocycles. The summed E-state index contributed by atoms with van der Waals surface area (Å²) in [6.07, 6.45) is 1.23. The first kappa shape index (κ1) is 20.5. The maximum Gasteiger partial charge on any atom is 0.308 e. The van der Waals surface area contributed by atoms with E-state index in [4.69, 9.17) is 9.47 Å². The molecule has 0 saturated carbocycles. The van der Waals surface area contributed by atoms with Crippen molar-refractivity contribution in [2.45, 2.75) is 50.1 Å². The van der Waals surface area contributed by atoms with Crippen molar-refractivity contribution in [1.82, 2.24) is 10.2 Å². The number of hydrogen-bond donors (Lipinski definition) is 1. The number of hydrogen-bond acceptors (Lipinski definition) is 6. The largest absolute Gasteiger partial charge is 0.497 e. The highest BCUT2D eigenvalue weighted by atomic mass is 32.2. The molecule has 1 aromatic carbocycles. The van der Waals surface area contributed by atoms with E-state index in [2.05, 4.69) is 5.32 Å². The van der Waals surface area contributed by atoms with Crippen LogP contribution in [-0.2, 0) is 19.1 Å². The lowest BCUT2D eigenvalue weighted by Gasteiger charge is -2.31. The van der Waals surface area contributed by atoms with Gasteiger partial charge in [0, 0.05) is 12.2 Å². The molecule has 0 radical (unpaired) electrons. The second-order valence-corrected chi connectivity index (χ2v) is 8.61. The smallest absolute Gasteiger partial charge is 0.308 e. The summed E-state index contributed by atoms with van der Waals surface area (Å²) in [6.45, 7) is 4.03. The summed E-state index contributed by atoms with van der Waals surface area (Å²) < 4.78 is 10.3. The zero-order valence-electron chi connectivity index (χ0n) is 16.4. The van der Waals surface area contributed by atoms with Gasteiger partial charge >= 0.3 is 5.97 Å². The van der Waals surface area contributed by atoms with Crippen molar-refractivity contribution in [3.8, 4) is 5.75 Å². The van der Waals surface area contributed by atoms with Gasteiger partial charge < -0.3 is 19.7 Å². The maximum absolute atomic E-state index is 13.1. The monoisotopic (exact) mass is 406 g/mol. The summed E-state index contributed by atoms with van der Waals surface area (Å²) in [5, 5.41) is 2.96. The van der Waals surface area contributed by atoms with Crippen LogP contribution in [-0.4, -0.2) is 53.1 Å². The molecule has 0 aromatic heterocycles. The molecule has 2 heterocycles. The van der Waals surface area contributed by atoms with Gasteiger partial charge in [0.25, 0.3) is 0 Å². The summed E-state index contributed by atoms with van der Waals surface area (Å²) in [5.41, 5.74) is 0.752. The molecule has 3 unspecified atom stereocenters. The van der Waals surface area contributed by atoms with Gasteiger partial charge in [0.1, 0.15) is 11.8 Å². The number of nitrogens with one attached hydrogen (secondary N) is 1. The third kappa shape index (κ3) is 4.11. The first-order valence-electron chi connectivity index (χ1n) is 9.44. The number of benzene rings is 1. The van der Waals surface area contributed by atoms with Crippen molar-refractivity contribution in [2.75, 3.05) is 19.5 Å². The van der Waals surface area contributed by atoms with Crippen LogP contribution in [0.2, 0.25) is 0 Å². The highest BCUT2D eigenvalue weighted by Gasteiger charge is 2.53. The number of fused-ring (bicyclic) bond motifs is 1. The van der Waals surface area contributed by atoms with Crippen LogP contribution in [0.25, 0.3) is 0 Å². The van der Waals surface area contributed by atoms with Crippen molar-refractivity contribution >= 4 is 29.5 Å². The van der Waals surface area contributed by atoms with E-state index in [0.29, 0.717) is 17.9 Å². The average Bonchev–Trinajstić information content (AvgIpc) is 3.17. The fraction of sp³-hybridized carbons (Fsp3) is 0.550. The van der Waals surface area contributed by atoms with Crippen LogP contribution in [0.4, 0.5) is 0 Å². The number of ether oxygens (including phenoxy) is 2. The van der Waals surface area contributed by atoms with Crippen LogP contribution in [0.3, 0.4) is 0 Å². The number of rotatable bonds is 7. The Morgan fingerprint density at radius 2 is 2.21 bits per heavy atom. The number of carbonyl (C=O) groups excluding carboxylic acids is 3. The minimum atomic E-state index is -0.559. The number of methoxy groups -OCH3 is 1. The normalized spacial score (nSPS) is 24.6. The fourth-order valence-corrected chi connectivity index (χ4v) is 5.21. The van der Waals surface area contributed by atoms with E-state index in [0.717, 1.165) is 12.0 Å². The van der Waals surface area contributed by atoms with E-state index < -0.39 is 18.1 Å². The Balaban J connectivity index is 1.79. The first-order chi connectivity index (χ1) is 13.4. The van der Waals surface area contributed by atoms with Gasteiger partial charge in [0.2, 0.25) is 11.8 Å². The Labute approximate surface area is 169 Å². The SMILES string of the molecule is CCOC(=O)CC(NC(=O)C1CSC2(C)CCC(=O)N12)c1cccc(OC)c1. The molecule has 28 heavy (non-hydrogen) atoms. The number of nitrogens with zero attached hydrogens (tertiary/aromatic N) is 1. The summed E-state index contributed by atoms with van der Waals surface area (Å²) in [5.74, 6) is 0.565. The van der Waals surface area contributed by atoms with E-state index in [1.165, 1.54) is 0 Å². The Kier molecular flexibility index (Phi) is 6.17. The number of thioether (sulfide) groups is 1. The summed E-state index contributed by atoms with van der Waals surface area (Å²) in [4.78, 5) is 38.9. The second-order valence-electron chi connectivity index (χ2n) is 7.11. The average molecular weight is 407 g/mol. The second kappa shape index (κ2) is 8.43. The van der Waals surface area contributed by atoms with Crippen molar-refractivity contribution in [2.24, 2.45) is 0 Å². The zero-order chi connectivity index (χ0) is 20.3. The van der Waals surface area contributed by atoms with Gasteiger partial charge in [-0.15, -0.1) is 11.8 Å². The van der Waals surface area contributed by atoms with E-state index in [9.17, 15) is 14.4 Å². The molecule has 1 aromatic rings. The Morgan fingerprint density at radius 1 is 1.43 bits per heavy atom. The minimum absolute atomic E-state index is 0.0102. The molecule has 0 aliphatic carbocycles. The van der Waals surface area contributed by atoms with Crippen LogP contribution in [0.5, 0.6) is 5.75 Å². The molecular weight excluding hydrogens is 380 g/mol. The van der Waals surface area contributed by atoms with Gasteiger partial charge in [-0.3, -0.25) is 14.4 Å². The van der Waals surface area contributed by atoms with Gasteiger partial charge in [0.05, 0.1) is 31.1 Å². The van der Waals surface area contributed by atoms with Gasteiger partial charge in [-0.2, -0.15) is 0 Å². The standard InChI is InChI=1S/C20H26N2O5S/c1-4-27-18(24)11-15(13-6-5-7-14(10-13)26-3)21-19(25)16-12-28-20(2)9-8-17(23)22(16)20/h5-7,10,15-16H,4,8-9,11-12H2,1-3H3,(H,21,25). The van der Waals surface area contributed by atoms with Crippen molar-refractivity contribution in [1.29, 1.82) is 0 Å². The van der Waals surface area contributed by atoms with Crippen LogP contribution < -0.4 is 10.1 Å². The molecule has 3 rings (SSSR count). The molecular formula is C20H26N2O5S. The van der Waals surface area contributed by atoms with E-state index in [1.54, 1.807) is 42.8 Å². The third-order valence-corrected chi connectivity index (χ3v) is 6.74. The fourth-order valence-electron chi connectivity index (χ4n) is 3.78. The lowest BCUT2D eigenvalue weighted by Crippen LogP contribution is -2.50. The van der Waals surface area contributed by atoms with Crippen LogP contribution in [0.1, 0.15) is 44.7 Å². The molecule has 7 nitrogen and oxygen atoms in total. The summed E-state index contributed by atoms with van der Waals surface area (Å²) >= 11 is 1.64. The molecule has 3 atom stereocenters. The predicted octanol–water partition coefficient (Wildman–Crippen LogP) is 2.26. The highest BCUT2D eigenvalue weighted by molar-refractivity contribution is 8.01.